The maximum atomic E-state index is 12.7. The predicted octanol–water partition coefficient (Wildman–Crippen LogP) is 5.09. The summed E-state index contributed by atoms with van der Waals surface area (Å²) in [6.45, 7) is 7.62. The Balaban J connectivity index is 1.42. The van der Waals surface area contributed by atoms with Crippen LogP contribution >= 0.6 is 0 Å². The predicted molar refractivity (Wildman–Crippen MR) is 130 cm³/mol. The molecule has 2 aliphatic rings. The molecule has 4 heteroatoms. The summed E-state index contributed by atoms with van der Waals surface area (Å²) >= 11 is 0. The van der Waals surface area contributed by atoms with Gasteiger partial charge in [0, 0.05) is 37.4 Å². The van der Waals surface area contributed by atoms with Gasteiger partial charge in [-0.2, -0.15) is 0 Å². The van der Waals surface area contributed by atoms with Crippen LogP contribution in [-0.4, -0.2) is 36.3 Å². The van der Waals surface area contributed by atoms with Gasteiger partial charge in [0.1, 0.15) is 0 Å². The molecule has 1 aliphatic carbocycles. The fourth-order valence-corrected chi connectivity index (χ4v) is 4.94. The van der Waals surface area contributed by atoms with Crippen LogP contribution in [0.2, 0.25) is 0 Å². The molecule has 2 amide bonds. The minimum Gasteiger partial charge on any atom is -0.355 e. The van der Waals surface area contributed by atoms with Crippen molar-refractivity contribution in [3.63, 3.8) is 0 Å². The normalized spacial score (nSPS) is 16.8. The lowest BCUT2D eigenvalue weighted by molar-refractivity contribution is -0.133. The van der Waals surface area contributed by atoms with E-state index in [0.717, 1.165) is 25.9 Å². The summed E-state index contributed by atoms with van der Waals surface area (Å²) < 4.78 is 0. The summed E-state index contributed by atoms with van der Waals surface area (Å²) in [5.41, 5.74) is 4.94. The van der Waals surface area contributed by atoms with Crippen LogP contribution in [0.1, 0.15) is 68.2 Å². The zero-order valence-corrected chi connectivity index (χ0v) is 19.4. The van der Waals surface area contributed by atoms with Gasteiger partial charge in [-0.3, -0.25) is 9.59 Å². The van der Waals surface area contributed by atoms with Crippen LogP contribution in [0, 0.1) is 11.3 Å². The van der Waals surface area contributed by atoms with Gasteiger partial charge in [-0.15, -0.1) is 0 Å². The fraction of sp³-hybridized carbons (Fsp3) is 0.429. The first-order chi connectivity index (χ1) is 15.3. The van der Waals surface area contributed by atoms with Crippen molar-refractivity contribution in [3.05, 3.63) is 70.8 Å². The lowest BCUT2D eigenvalue weighted by Crippen LogP contribution is -2.42. The standard InChI is InChI=1S/C28H34N2O2/c1-28(2,3)27(32)29-17-14-25(31)30-18-15-22(16-19-30)26-23-10-6-4-8-20(23)12-13-21-9-5-7-11-24(21)26/h4-13,22,26H,14-19H2,1-3H3,(H,29,32). The van der Waals surface area contributed by atoms with Crippen LogP contribution in [0.5, 0.6) is 0 Å². The average Bonchev–Trinajstić information content (AvgIpc) is 2.95. The first kappa shape index (κ1) is 22.3. The molecular weight excluding hydrogens is 396 g/mol. The summed E-state index contributed by atoms with van der Waals surface area (Å²) in [4.78, 5) is 26.7. The molecule has 0 radical (unpaired) electrons. The van der Waals surface area contributed by atoms with Crippen molar-refractivity contribution in [3.8, 4) is 0 Å². The minimum atomic E-state index is -0.429. The molecule has 32 heavy (non-hydrogen) atoms. The van der Waals surface area contributed by atoms with Gasteiger partial charge in [0.05, 0.1) is 0 Å². The monoisotopic (exact) mass is 430 g/mol. The number of benzene rings is 2. The molecule has 0 saturated carbocycles. The molecule has 1 aliphatic heterocycles. The second kappa shape index (κ2) is 9.32. The Morgan fingerprint density at radius 3 is 1.97 bits per heavy atom. The zero-order valence-electron chi connectivity index (χ0n) is 19.4. The number of piperidine rings is 1. The van der Waals surface area contributed by atoms with Crippen molar-refractivity contribution < 1.29 is 9.59 Å². The van der Waals surface area contributed by atoms with E-state index in [0.29, 0.717) is 24.8 Å². The highest BCUT2D eigenvalue weighted by Gasteiger charge is 2.33. The molecule has 1 heterocycles. The van der Waals surface area contributed by atoms with Crippen molar-refractivity contribution in [1.29, 1.82) is 0 Å². The number of hydrogen-bond acceptors (Lipinski definition) is 2. The maximum absolute atomic E-state index is 12.7. The maximum Gasteiger partial charge on any atom is 0.225 e. The molecule has 1 fully saturated rings. The topological polar surface area (TPSA) is 49.4 Å². The van der Waals surface area contributed by atoms with Crippen LogP contribution < -0.4 is 5.32 Å². The largest absolute Gasteiger partial charge is 0.355 e. The van der Waals surface area contributed by atoms with Gasteiger partial charge in [0.15, 0.2) is 0 Å². The molecule has 4 nitrogen and oxygen atoms in total. The highest BCUT2D eigenvalue weighted by molar-refractivity contribution is 5.82. The van der Waals surface area contributed by atoms with Gasteiger partial charge in [0.2, 0.25) is 11.8 Å². The zero-order chi connectivity index (χ0) is 22.7. The van der Waals surface area contributed by atoms with Gasteiger partial charge in [-0.05, 0) is 41.0 Å². The average molecular weight is 431 g/mol. The van der Waals surface area contributed by atoms with Crippen molar-refractivity contribution in [2.45, 2.75) is 46.0 Å². The first-order valence-electron chi connectivity index (χ1n) is 11.8. The van der Waals surface area contributed by atoms with Gasteiger partial charge in [0.25, 0.3) is 0 Å². The number of carbonyl (C=O) groups excluding carboxylic acids is 2. The van der Waals surface area contributed by atoms with E-state index in [4.69, 9.17) is 0 Å². The molecule has 0 spiro atoms. The van der Waals surface area contributed by atoms with E-state index in [2.05, 4.69) is 66.0 Å². The van der Waals surface area contributed by atoms with Crippen molar-refractivity contribution in [1.82, 2.24) is 10.2 Å². The Labute approximate surface area is 191 Å². The van der Waals surface area contributed by atoms with Gasteiger partial charge in [-0.25, -0.2) is 0 Å². The third-order valence-electron chi connectivity index (χ3n) is 6.77. The summed E-state index contributed by atoms with van der Waals surface area (Å²) in [5, 5.41) is 2.89. The van der Waals surface area contributed by atoms with Crippen molar-refractivity contribution >= 4 is 24.0 Å². The molecule has 0 atom stereocenters. The van der Waals surface area contributed by atoms with E-state index < -0.39 is 5.41 Å². The number of likely N-dealkylation sites (tertiary alicyclic amines) is 1. The first-order valence-corrected chi connectivity index (χ1v) is 11.8. The Morgan fingerprint density at radius 1 is 0.906 bits per heavy atom. The number of amides is 2. The molecule has 0 aromatic heterocycles. The lowest BCUT2D eigenvalue weighted by atomic mass is 9.74. The number of fused-ring (bicyclic) bond motifs is 2. The van der Waals surface area contributed by atoms with E-state index in [1.165, 1.54) is 22.3 Å². The molecular formula is C28H34N2O2. The molecule has 1 saturated heterocycles. The van der Waals surface area contributed by atoms with Crippen LogP contribution in [-0.2, 0) is 9.59 Å². The molecule has 2 aromatic rings. The highest BCUT2D eigenvalue weighted by atomic mass is 16.2. The summed E-state index contributed by atoms with van der Waals surface area (Å²) in [7, 11) is 0. The minimum absolute atomic E-state index is 0.0108. The van der Waals surface area contributed by atoms with E-state index in [1.807, 2.05) is 25.7 Å². The smallest absolute Gasteiger partial charge is 0.225 e. The number of nitrogens with zero attached hydrogens (tertiary/aromatic N) is 1. The Kier molecular flexibility index (Phi) is 6.50. The van der Waals surface area contributed by atoms with E-state index in [-0.39, 0.29) is 11.8 Å². The van der Waals surface area contributed by atoms with Gasteiger partial charge >= 0.3 is 0 Å². The molecule has 1 N–H and O–H groups in total. The lowest BCUT2D eigenvalue weighted by Gasteiger charge is -2.37. The number of nitrogens with one attached hydrogen (secondary N) is 1. The van der Waals surface area contributed by atoms with Crippen LogP contribution in [0.15, 0.2) is 48.5 Å². The second-order valence-corrected chi connectivity index (χ2v) is 10.0. The molecule has 0 bridgehead atoms. The third kappa shape index (κ3) is 4.79. The number of carbonyl (C=O) groups is 2. The van der Waals surface area contributed by atoms with Crippen LogP contribution in [0.25, 0.3) is 12.2 Å². The summed E-state index contributed by atoms with van der Waals surface area (Å²) in [6, 6.07) is 17.4. The van der Waals surface area contributed by atoms with Gasteiger partial charge < -0.3 is 10.2 Å². The van der Waals surface area contributed by atoms with E-state index >= 15 is 0 Å². The Hall–Kier alpha value is -2.88. The molecule has 168 valence electrons. The quantitative estimate of drug-likeness (QED) is 0.734. The van der Waals surface area contributed by atoms with Gasteiger partial charge in [-0.1, -0.05) is 81.5 Å². The fourth-order valence-electron chi connectivity index (χ4n) is 4.94. The third-order valence-corrected chi connectivity index (χ3v) is 6.77. The Morgan fingerprint density at radius 2 is 1.44 bits per heavy atom. The SMILES string of the molecule is CC(C)(C)C(=O)NCCC(=O)N1CCC(C2c3ccccc3C=Cc3ccccc32)CC1. The molecule has 4 rings (SSSR count). The molecule has 0 unspecified atom stereocenters. The Bertz CT molecular complexity index is 961. The number of hydrogen-bond donors (Lipinski definition) is 1. The summed E-state index contributed by atoms with van der Waals surface area (Å²) in [6.07, 6.45) is 6.82. The summed E-state index contributed by atoms with van der Waals surface area (Å²) in [5.74, 6) is 0.979. The van der Waals surface area contributed by atoms with E-state index in [1.54, 1.807) is 0 Å². The molecule has 2 aromatic carbocycles. The number of rotatable bonds is 4. The van der Waals surface area contributed by atoms with Crippen molar-refractivity contribution in [2.24, 2.45) is 11.3 Å². The highest BCUT2D eigenvalue weighted by Crippen LogP contribution is 2.43. The van der Waals surface area contributed by atoms with Crippen LogP contribution in [0.4, 0.5) is 0 Å². The van der Waals surface area contributed by atoms with E-state index in [9.17, 15) is 9.59 Å². The second-order valence-electron chi connectivity index (χ2n) is 10.0. The van der Waals surface area contributed by atoms with Crippen molar-refractivity contribution in [2.75, 3.05) is 19.6 Å². The van der Waals surface area contributed by atoms with Crippen LogP contribution in [0.3, 0.4) is 0 Å².